The zero-order valence-corrected chi connectivity index (χ0v) is 13.4. The van der Waals surface area contributed by atoms with Crippen molar-refractivity contribution in [3.8, 4) is 5.75 Å². The summed E-state index contributed by atoms with van der Waals surface area (Å²) in [5.74, 6) is 0.494. The molecular formula is C18H21FN2O2. The molecule has 0 aliphatic carbocycles. The Morgan fingerprint density at radius 2 is 2.00 bits per heavy atom. The second-order valence-corrected chi connectivity index (χ2v) is 5.28. The molecule has 0 saturated carbocycles. The Hall–Kier alpha value is -2.56. The Kier molecular flexibility index (Phi) is 5.97. The number of nitrogens with zero attached hydrogens (tertiary/aromatic N) is 1. The van der Waals surface area contributed by atoms with E-state index in [1.54, 1.807) is 25.1 Å². The lowest BCUT2D eigenvalue weighted by Crippen LogP contribution is -2.37. The molecular weight excluding hydrogens is 295 g/mol. The first-order valence-electron chi connectivity index (χ1n) is 7.45. The summed E-state index contributed by atoms with van der Waals surface area (Å²) >= 11 is 0. The number of hydrogen-bond donors (Lipinski definition) is 1. The maximum Gasteiger partial charge on any atom is 0.317 e. The largest absolute Gasteiger partial charge is 0.496 e. The number of para-hydroxylation sites is 1. The molecule has 5 heteroatoms. The van der Waals surface area contributed by atoms with Gasteiger partial charge in [-0.1, -0.05) is 30.3 Å². The van der Waals surface area contributed by atoms with Crippen molar-refractivity contribution in [1.29, 1.82) is 0 Å². The van der Waals surface area contributed by atoms with E-state index in [4.69, 9.17) is 4.74 Å². The lowest BCUT2D eigenvalue weighted by atomic mass is 10.1. The maximum atomic E-state index is 13.1. The van der Waals surface area contributed by atoms with E-state index in [1.165, 1.54) is 12.1 Å². The van der Waals surface area contributed by atoms with Gasteiger partial charge >= 0.3 is 6.03 Å². The molecule has 0 atom stereocenters. The number of carbonyl (C=O) groups excluding carboxylic acids is 1. The first kappa shape index (κ1) is 16.8. The van der Waals surface area contributed by atoms with Crippen LogP contribution in [0.2, 0.25) is 0 Å². The fraction of sp³-hybridized carbons (Fsp3) is 0.278. The van der Waals surface area contributed by atoms with Gasteiger partial charge in [0, 0.05) is 19.2 Å². The number of urea groups is 1. The number of carbonyl (C=O) groups is 1. The van der Waals surface area contributed by atoms with E-state index in [0.29, 0.717) is 19.5 Å². The Balaban J connectivity index is 1.83. The Labute approximate surface area is 135 Å². The average Bonchev–Trinajstić information content (AvgIpc) is 2.55. The van der Waals surface area contributed by atoms with Crippen LogP contribution in [0.1, 0.15) is 11.1 Å². The monoisotopic (exact) mass is 316 g/mol. The number of benzene rings is 2. The summed E-state index contributed by atoms with van der Waals surface area (Å²) in [4.78, 5) is 13.7. The predicted octanol–water partition coefficient (Wildman–Crippen LogP) is 3.22. The lowest BCUT2D eigenvalue weighted by molar-refractivity contribution is 0.206. The Morgan fingerprint density at radius 1 is 1.22 bits per heavy atom. The molecule has 4 nitrogen and oxygen atoms in total. The fourth-order valence-corrected chi connectivity index (χ4v) is 2.30. The molecule has 2 aromatic carbocycles. The van der Waals surface area contributed by atoms with Crippen molar-refractivity contribution in [2.75, 3.05) is 20.7 Å². The van der Waals surface area contributed by atoms with E-state index in [0.717, 1.165) is 16.9 Å². The van der Waals surface area contributed by atoms with Crippen molar-refractivity contribution in [2.24, 2.45) is 0 Å². The third kappa shape index (κ3) is 4.98. The van der Waals surface area contributed by atoms with Crippen LogP contribution in [0.15, 0.2) is 48.5 Å². The number of amides is 2. The first-order valence-corrected chi connectivity index (χ1v) is 7.45. The highest BCUT2D eigenvalue weighted by Gasteiger charge is 2.11. The molecule has 1 N–H and O–H groups in total. The molecule has 2 rings (SSSR count). The molecule has 2 aromatic rings. The molecule has 2 amide bonds. The van der Waals surface area contributed by atoms with Crippen LogP contribution in [0.25, 0.3) is 0 Å². The van der Waals surface area contributed by atoms with Gasteiger partial charge in [-0.3, -0.25) is 0 Å². The van der Waals surface area contributed by atoms with Gasteiger partial charge in [0.1, 0.15) is 11.6 Å². The molecule has 0 unspecified atom stereocenters. The Morgan fingerprint density at radius 3 is 2.74 bits per heavy atom. The summed E-state index contributed by atoms with van der Waals surface area (Å²) in [5.41, 5.74) is 1.80. The van der Waals surface area contributed by atoms with Crippen molar-refractivity contribution < 1.29 is 13.9 Å². The molecule has 0 aliphatic heterocycles. The molecule has 0 bridgehead atoms. The number of ether oxygens (including phenoxy) is 1. The van der Waals surface area contributed by atoms with Crippen molar-refractivity contribution in [2.45, 2.75) is 13.0 Å². The van der Waals surface area contributed by atoms with Gasteiger partial charge in [0.25, 0.3) is 0 Å². The minimum atomic E-state index is -0.262. The molecule has 0 aliphatic rings. The smallest absolute Gasteiger partial charge is 0.317 e. The maximum absolute atomic E-state index is 13.1. The predicted molar refractivity (Wildman–Crippen MR) is 88.0 cm³/mol. The highest BCUT2D eigenvalue weighted by atomic mass is 19.1. The SMILES string of the molecule is COc1ccccc1CN(C)C(=O)NCCc1cccc(F)c1. The van der Waals surface area contributed by atoms with Crippen molar-refractivity contribution in [1.82, 2.24) is 10.2 Å². The average molecular weight is 316 g/mol. The van der Waals surface area contributed by atoms with Gasteiger partial charge < -0.3 is 15.0 Å². The first-order chi connectivity index (χ1) is 11.1. The number of halogens is 1. The van der Waals surface area contributed by atoms with Gasteiger partial charge in [0.05, 0.1) is 13.7 Å². The molecule has 122 valence electrons. The molecule has 0 spiro atoms. The topological polar surface area (TPSA) is 41.6 Å². The van der Waals surface area contributed by atoms with E-state index in [-0.39, 0.29) is 11.8 Å². The van der Waals surface area contributed by atoms with Gasteiger partial charge in [0.15, 0.2) is 0 Å². The number of rotatable bonds is 6. The van der Waals surface area contributed by atoms with E-state index < -0.39 is 0 Å². The number of hydrogen-bond acceptors (Lipinski definition) is 2. The molecule has 0 radical (unpaired) electrons. The van der Waals surface area contributed by atoms with Crippen LogP contribution in [0.5, 0.6) is 5.75 Å². The quantitative estimate of drug-likeness (QED) is 0.889. The molecule has 0 heterocycles. The standard InChI is InChI=1S/C18H21FN2O2/c1-21(13-15-7-3-4-9-17(15)23-2)18(22)20-11-10-14-6-5-8-16(19)12-14/h3-9,12H,10-11,13H2,1-2H3,(H,20,22). The fourth-order valence-electron chi connectivity index (χ4n) is 2.30. The molecule has 0 fully saturated rings. The summed E-state index contributed by atoms with van der Waals surface area (Å²) < 4.78 is 18.4. The van der Waals surface area contributed by atoms with E-state index >= 15 is 0 Å². The zero-order chi connectivity index (χ0) is 16.7. The third-order valence-electron chi connectivity index (χ3n) is 3.53. The van der Waals surface area contributed by atoms with E-state index in [9.17, 15) is 9.18 Å². The molecule has 23 heavy (non-hydrogen) atoms. The van der Waals surface area contributed by atoms with E-state index in [1.807, 2.05) is 30.3 Å². The summed E-state index contributed by atoms with van der Waals surface area (Å²) in [6, 6.07) is 13.8. The van der Waals surface area contributed by atoms with Gasteiger partial charge in [0.2, 0.25) is 0 Å². The highest BCUT2D eigenvalue weighted by molar-refractivity contribution is 5.73. The number of methoxy groups -OCH3 is 1. The van der Waals surface area contributed by atoms with Gasteiger partial charge in [-0.25, -0.2) is 9.18 Å². The van der Waals surface area contributed by atoms with Crippen LogP contribution in [0.4, 0.5) is 9.18 Å². The Bertz CT molecular complexity index is 661. The third-order valence-corrected chi connectivity index (χ3v) is 3.53. The second-order valence-electron chi connectivity index (χ2n) is 5.28. The minimum Gasteiger partial charge on any atom is -0.496 e. The van der Waals surface area contributed by atoms with Gasteiger partial charge in [-0.15, -0.1) is 0 Å². The molecule has 0 aromatic heterocycles. The normalized spacial score (nSPS) is 10.2. The van der Waals surface area contributed by atoms with E-state index in [2.05, 4.69) is 5.32 Å². The molecule has 0 saturated heterocycles. The minimum absolute atomic E-state index is 0.174. The summed E-state index contributed by atoms with van der Waals surface area (Å²) in [5, 5.41) is 2.83. The van der Waals surface area contributed by atoms with Gasteiger partial charge in [-0.2, -0.15) is 0 Å². The number of nitrogens with one attached hydrogen (secondary N) is 1. The van der Waals surface area contributed by atoms with Crippen LogP contribution in [0.3, 0.4) is 0 Å². The zero-order valence-electron chi connectivity index (χ0n) is 13.4. The van der Waals surface area contributed by atoms with Crippen LogP contribution >= 0.6 is 0 Å². The van der Waals surface area contributed by atoms with Crippen molar-refractivity contribution in [3.63, 3.8) is 0 Å². The van der Waals surface area contributed by atoms with Crippen LogP contribution in [0, 0.1) is 5.82 Å². The van der Waals surface area contributed by atoms with Crippen LogP contribution < -0.4 is 10.1 Å². The van der Waals surface area contributed by atoms with Gasteiger partial charge in [-0.05, 0) is 30.2 Å². The second kappa shape index (κ2) is 8.17. The summed E-state index contributed by atoms with van der Waals surface area (Å²) in [6.45, 7) is 0.911. The van der Waals surface area contributed by atoms with Crippen LogP contribution in [-0.2, 0) is 13.0 Å². The van der Waals surface area contributed by atoms with Crippen molar-refractivity contribution >= 4 is 6.03 Å². The van der Waals surface area contributed by atoms with Crippen molar-refractivity contribution in [3.05, 3.63) is 65.5 Å². The lowest BCUT2D eigenvalue weighted by Gasteiger charge is -2.19. The summed E-state index contributed by atoms with van der Waals surface area (Å²) in [7, 11) is 3.34. The summed E-state index contributed by atoms with van der Waals surface area (Å²) in [6.07, 6.45) is 0.589. The highest BCUT2D eigenvalue weighted by Crippen LogP contribution is 2.18. The van der Waals surface area contributed by atoms with Crippen LogP contribution in [-0.4, -0.2) is 31.6 Å².